The van der Waals surface area contributed by atoms with Gasteiger partial charge in [0, 0.05) is 45.0 Å². The van der Waals surface area contributed by atoms with Gasteiger partial charge in [0.2, 0.25) is 5.91 Å². The molecule has 2 atom stereocenters. The highest BCUT2D eigenvalue weighted by Gasteiger charge is 2.30. The molecule has 2 heterocycles. The van der Waals surface area contributed by atoms with E-state index in [1.165, 1.54) is 5.75 Å². The first kappa shape index (κ1) is 13.2. The van der Waals surface area contributed by atoms with Crippen molar-refractivity contribution in [2.75, 3.05) is 44.7 Å². The van der Waals surface area contributed by atoms with Crippen LogP contribution in [0.3, 0.4) is 0 Å². The summed E-state index contributed by atoms with van der Waals surface area (Å²) < 4.78 is 0. The number of piperazine rings is 1. The van der Waals surface area contributed by atoms with E-state index in [0.717, 1.165) is 38.4 Å². The van der Waals surface area contributed by atoms with Gasteiger partial charge in [0.25, 0.3) is 0 Å². The van der Waals surface area contributed by atoms with Crippen LogP contribution in [0.2, 0.25) is 0 Å². The predicted octanol–water partition coefficient (Wildman–Crippen LogP) is 0.244. The van der Waals surface area contributed by atoms with Gasteiger partial charge >= 0.3 is 0 Å². The minimum atomic E-state index is 0.0349. The molecule has 1 N–H and O–H groups in total. The average Bonchev–Trinajstić information content (AvgIpc) is 2.91. The molecule has 5 heteroatoms. The summed E-state index contributed by atoms with van der Waals surface area (Å²) in [6, 6.07) is 0.491. The molecule has 2 fully saturated rings. The lowest BCUT2D eigenvalue weighted by Gasteiger charge is -2.35. The molecule has 0 bridgehead atoms. The van der Waals surface area contributed by atoms with Gasteiger partial charge in [-0.05, 0) is 19.1 Å². The summed E-state index contributed by atoms with van der Waals surface area (Å²) in [5.74, 6) is 2.60. The van der Waals surface area contributed by atoms with Crippen molar-refractivity contribution in [1.82, 2.24) is 15.1 Å². The van der Waals surface area contributed by atoms with Gasteiger partial charge in [-0.1, -0.05) is 0 Å². The van der Waals surface area contributed by atoms with Gasteiger partial charge in [-0.3, -0.25) is 9.69 Å². The molecule has 17 heavy (non-hydrogen) atoms. The topological polar surface area (TPSA) is 35.6 Å². The lowest BCUT2D eigenvalue weighted by atomic mass is 10.1. The number of rotatable bonds is 3. The van der Waals surface area contributed by atoms with Gasteiger partial charge in [-0.25, -0.2) is 0 Å². The Morgan fingerprint density at radius 1 is 1.47 bits per heavy atom. The van der Waals surface area contributed by atoms with E-state index in [1.54, 1.807) is 0 Å². The second kappa shape index (κ2) is 6.07. The molecule has 2 rings (SSSR count). The van der Waals surface area contributed by atoms with Gasteiger partial charge in [-0.2, -0.15) is 11.8 Å². The van der Waals surface area contributed by atoms with Crippen LogP contribution in [0.5, 0.6) is 0 Å². The van der Waals surface area contributed by atoms with Crippen LogP contribution in [-0.4, -0.2) is 72.5 Å². The molecule has 0 aromatic rings. The highest BCUT2D eigenvalue weighted by atomic mass is 32.2. The second-order valence-electron chi connectivity index (χ2n) is 4.93. The van der Waals surface area contributed by atoms with Crippen LogP contribution in [0, 0.1) is 0 Å². The third kappa shape index (κ3) is 3.14. The van der Waals surface area contributed by atoms with E-state index in [0.29, 0.717) is 11.9 Å². The Balaban J connectivity index is 1.88. The fourth-order valence-corrected chi connectivity index (χ4v) is 3.80. The van der Waals surface area contributed by atoms with Gasteiger partial charge in [0.15, 0.2) is 0 Å². The van der Waals surface area contributed by atoms with E-state index in [-0.39, 0.29) is 6.04 Å². The molecule has 0 aliphatic carbocycles. The maximum Gasteiger partial charge on any atom is 0.239 e. The number of carbonyl (C=O) groups is 1. The fourth-order valence-electron chi connectivity index (χ4n) is 2.53. The number of hydrogen-bond acceptors (Lipinski definition) is 4. The number of carbonyl (C=O) groups excluding carboxylic acids is 1. The molecule has 0 aromatic carbocycles. The van der Waals surface area contributed by atoms with Crippen LogP contribution < -0.4 is 5.32 Å². The van der Waals surface area contributed by atoms with E-state index in [9.17, 15) is 4.79 Å². The predicted molar refractivity (Wildman–Crippen MR) is 72.4 cm³/mol. The smallest absolute Gasteiger partial charge is 0.239 e. The Labute approximate surface area is 108 Å². The van der Waals surface area contributed by atoms with Crippen LogP contribution in [0.15, 0.2) is 0 Å². The average molecular weight is 257 g/mol. The SMILES string of the molecule is CC(C(=O)N(C)C1CCSC1)N1CCNCC1. The Bertz CT molecular complexity index is 262. The lowest BCUT2D eigenvalue weighted by molar-refractivity contribution is -0.137. The van der Waals surface area contributed by atoms with Crippen LogP contribution in [0.1, 0.15) is 13.3 Å². The van der Waals surface area contributed by atoms with Crippen molar-refractivity contribution in [1.29, 1.82) is 0 Å². The van der Waals surface area contributed by atoms with Crippen molar-refractivity contribution in [3.8, 4) is 0 Å². The number of amides is 1. The third-order valence-corrected chi connectivity index (χ3v) is 5.00. The monoisotopic (exact) mass is 257 g/mol. The molecule has 1 amide bonds. The first-order valence-electron chi connectivity index (χ1n) is 6.49. The number of thioether (sulfide) groups is 1. The van der Waals surface area contributed by atoms with Crippen LogP contribution in [0.4, 0.5) is 0 Å². The fraction of sp³-hybridized carbons (Fsp3) is 0.917. The Hall–Kier alpha value is -0.260. The van der Waals surface area contributed by atoms with E-state index in [1.807, 2.05) is 30.6 Å². The van der Waals surface area contributed by atoms with Crippen molar-refractivity contribution in [2.24, 2.45) is 0 Å². The first-order valence-corrected chi connectivity index (χ1v) is 7.65. The van der Waals surface area contributed by atoms with Gasteiger partial charge < -0.3 is 10.2 Å². The number of likely N-dealkylation sites (N-methyl/N-ethyl adjacent to an activating group) is 1. The molecule has 0 aromatic heterocycles. The highest BCUT2D eigenvalue weighted by Crippen LogP contribution is 2.22. The maximum atomic E-state index is 12.4. The summed E-state index contributed by atoms with van der Waals surface area (Å²) in [7, 11) is 1.97. The lowest BCUT2D eigenvalue weighted by Crippen LogP contribution is -2.54. The van der Waals surface area contributed by atoms with E-state index in [4.69, 9.17) is 0 Å². The summed E-state index contributed by atoms with van der Waals surface area (Å²) >= 11 is 1.96. The van der Waals surface area contributed by atoms with Gasteiger partial charge in [-0.15, -0.1) is 0 Å². The van der Waals surface area contributed by atoms with E-state index < -0.39 is 0 Å². The van der Waals surface area contributed by atoms with Crippen molar-refractivity contribution in [3.05, 3.63) is 0 Å². The zero-order valence-electron chi connectivity index (χ0n) is 10.8. The summed E-state index contributed by atoms with van der Waals surface area (Å²) in [4.78, 5) is 16.7. The van der Waals surface area contributed by atoms with Gasteiger partial charge in [0.1, 0.15) is 0 Å². The Morgan fingerprint density at radius 2 is 2.18 bits per heavy atom. The zero-order valence-corrected chi connectivity index (χ0v) is 11.6. The molecule has 0 radical (unpaired) electrons. The Morgan fingerprint density at radius 3 is 2.76 bits per heavy atom. The minimum Gasteiger partial charge on any atom is -0.341 e. The molecule has 4 nitrogen and oxygen atoms in total. The summed E-state index contributed by atoms with van der Waals surface area (Å²) in [5.41, 5.74) is 0. The van der Waals surface area contributed by atoms with Crippen molar-refractivity contribution in [2.45, 2.75) is 25.4 Å². The van der Waals surface area contributed by atoms with Crippen molar-refractivity contribution in [3.63, 3.8) is 0 Å². The molecule has 2 saturated heterocycles. The molecule has 2 aliphatic heterocycles. The normalized spacial score (nSPS) is 28.0. The molecular formula is C12H23N3OS. The van der Waals surface area contributed by atoms with Crippen LogP contribution >= 0.6 is 11.8 Å². The van der Waals surface area contributed by atoms with Crippen LogP contribution in [-0.2, 0) is 4.79 Å². The summed E-state index contributed by atoms with van der Waals surface area (Å²) in [6.07, 6.45) is 1.15. The highest BCUT2D eigenvalue weighted by molar-refractivity contribution is 7.99. The Kier molecular flexibility index (Phi) is 4.70. The quantitative estimate of drug-likeness (QED) is 0.786. The standard InChI is InChI=1S/C12H23N3OS/c1-10(15-6-4-13-5-7-15)12(16)14(2)11-3-8-17-9-11/h10-11,13H,3-9H2,1-2H3. The molecule has 98 valence electrons. The largest absolute Gasteiger partial charge is 0.341 e. The zero-order chi connectivity index (χ0) is 12.3. The second-order valence-corrected chi connectivity index (χ2v) is 6.08. The molecule has 2 aliphatic rings. The van der Waals surface area contributed by atoms with E-state index >= 15 is 0 Å². The number of nitrogens with one attached hydrogen (secondary N) is 1. The maximum absolute atomic E-state index is 12.4. The first-order chi connectivity index (χ1) is 8.20. The molecule has 0 saturated carbocycles. The van der Waals surface area contributed by atoms with Crippen molar-refractivity contribution >= 4 is 17.7 Å². The van der Waals surface area contributed by atoms with Crippen molar-refractivity contribution < 1.29 is 4.79 Å². The third-order valence-electron chi connectivity index (χ3n) is 3.86. The number of hydrogen-bond donors (Lipinski definition) is 1. The van der Waals surface area contributed by atoms with E-state index in [2.05, 4.69) is 10.2 Å². The van der Waals surface area contributed by atoms with Crippen LogP contribution in [0.25, 0.3) is 0 Å². The molecule has 0 spiro atoms. The van der Waals surface area contributed by atoms with Gasteiger partial charge in [0.05, 0.1) is 6.04 Å². The molecular weight excluding hydrogens is 234 g/mol. The summed E-state index contributed by atoms with van der Waals surface area (Å²) in [5, 5.41) is 3.32. The minimum absolute atomic E-state index is 0.0349. The summed E-state index contributed by atoms with van der Waals surface area (Å²) in [6.45, 7) is 6.02. The number of nitrogens with zero attached hydrogens (tertiary/aromatic N) is 2. The molecule has 2 unspecified atom stereocenters.